The average Bonchev–Trinajstić information content (AvgIpc) is 3.26. The van der Waals surface area contributed by atoms with Gasteiger partial charge < -0.3 is 20.6 Å². The lowest BCUT2D eigenvalue weighted by atomic mass is 10.1. The number of rotatable bonds is 6. The number of amides is 1. The van der Waals surface area contributed by atoms with Gasteiger partial charge in [0.05, 0.1) is 10.6 Å². The second-order valence-corrected chi connectivity index (χ2v) is 6.94. The van der Waals surface area contributed by atoms with E-state index in [1.165, 1.54) is 17.5 Å². The number of thiophene rings is 1. The lowest BCUT2D eigenvalue weighted by Gasteiger charge is -2.05. The van der Waals surface area contributed by atoms with Crippen molar-refractivity contribution in [3.8, 4) is 0 Å². The van der Waals surface area contributed by atoms with Gasteiger partial charge in [0.2, 0.25) is 0 Å². The fourth-order valence-electron chi connectivity index (χ4n) is 2.59. The van der Waals surface area contributed by atoms with Crippen molar-refractivity contribution in [3.63, 3.8) is 0 Å². The normalized spacial score (nSPS) is 11.8. The Hall–Kier alpha value is -3.58. The minimum Gasteiger partial charge on any atom is -0.478 e. The molecule has 0 aliphatic rings. The van der Waals surface area contributed by atoms with Crippen LogP contribution in [0.5, 0.6) is 0 Å². The van der Waals surface area contributed by atoms with Gasteiger partial charge in [0, 0.05) is 22.5 Å². The van der Waals surface area contributed by atoms with Crippen LogP contribution >= 0.6 is 11.3 Å². The Morgan fingerprint density at radius 1 is 1.29 bits per heavy atom. The molecule has 0 saturated carbocycles. The maximum atomic E-state index is 12.6. The second kappa shape index (κ2) is 7.98. The van der Waals surface area contributed by atoms with Crippen LogP contribution in [0.15, 0.2) is 70.6 Å². The number of carbonyl (C=O) groups excluding carboxylic acids is 1. The number of fused-ring (bicyclic) bond motifs is 1. The van der Waals surface area contributed by atoms with Crippen molar-refractivity contribution >= 4 is 45.4 Å². The third-order valence-corrected chi connectivity index (χ3v) is 4.92. The molecule has 0 radical (unpaired) electrons. The summed E-state index contributed by atoms with van der Waals surface area (Å²) in [6.07, 6.45) is 4.74. The molecule has 1 amide bonds. The van der Waals surface area contributed by atoms with Crippen molar-refractivity contribution in [2.45, 2.75) is 6.92 Å². The fourth-order valence-corrected chi connectivity index (χ4v) is 3.59. The van der Waals surface area contributed by atoms with E-state index >= 15 is 0 Å². The molecule has 0 aliphatic carbocycles. The van der Waals surface area contributed by atoms with Gasteiger partial charge in [-0.05, 0) is 19.1 Å². The first kappa shape index (κ1) is 19.2. The van der Waals surface area contributed by atoms with Crippen LogP contribution in [0.3, 0.4) is 0 Å². The standard InChI is InChI=1S/C21H18N2O4S/c1-12(2)7-8-14(10-22)19-18(21(25)26)15(11-28-19)23-20(24)17-9-13-5-3-4-6-16(13)27-17/h3-11H,1,22H2,2H3,(H,23,24)(H,25,26)/b8-7-,14-10+. The van der Waals surface area contributed by atoms with Crippen LogP contribution in [-0.4, -0.2) is 17.0 Å². The zero-order chi connectivity index (χ0) is 20.3. The zero-order valence-electron chi connectivity index (χ0n) is 15.1. The Kier molecular flexibility index (Phi) is 5.47. The molecule has 0 aliphatic heterocycles. The SMILES string of the molecule is C=C(C)/C=C\C(=C/N)c1scc(NC(=O)c2cc3ccccc3o2)c1C(=O)O. The first-order chi connectivity index (χ1) is 13.4. The number of carbonyl (C=O) groups is 2. The summed E-state index contributed by atoms with van der Waals surface area (Å²) in [5.74, 6) is -1.60. The Balaban J connectivity index is 1.94. The van der Waals surface area contributed by atoms with Gasteiger partial charge in [0.25, 0.3) is 5.91 Å². The molecular formula is C21H18N2O4S. The molecule has 0 saturated heterocycles. The molecule has 3 aromatic rings. The van der Waals surface area contributed by atoms with E-state index in [4.69, 9.17) is 10.2 Å². The van der Waals surface area contributed by atoms with Crippen LogP contribution in [0.1, 0.15) is 32.7 Å². The molecule has 1 aromatic carbocycles. The number of anilines is 1. The molecule has 4 N–H and O–H groups in total. The van der Waals surface area contributed by atoms with E-state index in [9.17, 15) is 14.7 Å². The summed E-state index contributed by atoms with van der Waals surface area (Å²) in [5, 5.41) is 14.7. The minimum absolute atomic E-state index is 0.0301. The molecule has 0 unspecified atom stereocenters. The van der Waals surface area contributed by atoms with Crippen molar-refractivity contribution in [2.24, 2.45) is 5.73 Å². The highest BCUT2D eigenvalue weighted by Gasteiger charge is 2.23. The van der Waals surface area contributed by atoms with Gasteiger partial charge in [-0.15, -0.1) is 11.3 Å². The minimum atomic E-state index is -1.17. The van der Waals surface area contributed by atoms with Crippen LogP contribution < -0.4 is 11.1 Å². The third kappa shape index (κ3) is 3.89. The van der Waals surface area contributed by atoms with Crippen LogP contribution in [0.4, 0.5) is 5.69 Å². The first-order valence-corrected chi connectivity index (χ1v) is 9.19. The molecule has 2 heterocycles. The summed E-state index contributed by atoms with van der Waals surface area (Å²) in [4.78, 5) is 24.8. The van der Waals surface area contributed by atoms with E-state index in [1.54, 1.807) is 35.7 Å². The van der Waals surface area contributed by atoms with Gasteiger partial charge >= 0.3 is 5.97 Å². The van der Waals surface area contributed by atoms with Crippen LogP contribution in [0, 0.1) is 0 Å². The molecule has 28 heavy (non-hydrogen) atoms. The number of para-hydroxylation sites is 1. The Morgan fingerprint density at radius 3 is 2.68 bits per heavy atom. The van der Waals surface area contributed by atoms with Crippen molar-refractivity contribution < 1.29 is 19.1 Å². The van der Waals surface area contributed by atoms with Crippen molar-refractivity contribution in [3.05, 3.63) is 82.4 Å². The van der Waals surface area contributed by atoms with Gasteiger partial charge in [0.1, 0.15) is 11.1 Å². The molecule has 0 spiro atoms. The number of carboxylic acids is 1. The van der Waals surface area contributed by atoms with Gasteiger partial charge in [0.15, 0.2) is 5.76 Å². The van der Waals surface area contributed by atoms with Crippen LogP contribution in [0.2, 0.25) is 0 Å². The predicted molar refractivity (Wildman–Crippen MR) is 112 cm³/mol. The molecule has 2 aromatic heterocycles. The summed E-state index contributed by atoms with van der Waals surface area (Å²) < 4.78 is 5.53. The number of aromatic carboxylic acids is 1. The number of allylic oxidation sites excluding steroid dienone is 4. The molecule has 7 heteroatoms. The van der Waals surface area contributed by atoms with E-state index in [0.29, 0.717) is 16.0 Å². The largest absolute Gasteiger partial charge is 0.478 e. The monoisotopic (exact) mass is 394 g/mol. The van der Waals surface area contributed by atoms with Gasteiger partial charge in [-0.3, -0.25) is 4.79 Å². The van der Waals surface area contributed by atoms with E-state index < -0.39 is 11.9 Å². The average molecular weight is 394 g/mol. The summed E-state index contributed by atoms with van der Waals surface area (Å²) in [5.41, 5.74) is 7.72. The predicted octanol–water partition coefficient (Wildman–Crippen LogP) is 4.88. The van der Waals surface area contributed by atoms with Gasteiger partial charge in [-0.2, -0.15) is 0 Å². The van der Waals surface area contributed by atoms with E-state index in [2.05, 4.69) is 11.9 Å². The van der Waals surface area contributed by atoms with E-state index in [1.807, 2.05) is 19.1 Å². The Morgan fingerprint density at radius 2 is 2.04 bits per heavy atom. The maximum Gasteiger partial charge on any atom is 0.339 e. The number of benzene rings is 1. The van der Waals surface area contributed by atoms with Gasteiger partial charge in [-0.1, -0.05) is 42.5 Å². The van der Waals surface area contributed by atoms with Crippen molar-refractivity contribution in [1.29, 1.82) is 0 Å². The summed E-state index contributed by atoms with van der Waals surface area (Å²) >= 11 is 1.18. The number of nitrogens with two attached hydrogens (primary N) is 1. The highest BCUT2D eigenvalue weighted by Crippen LogP contribution is 2.34. The van der Waals surface area contributed by atoms with E-state index in [0.717, 1.165) is 11.0 Å². The van der Waals surface area contributed by atoms with Crippen LogP contribution in [0.25, 0.3) is 16.5 Å². The molecule has 0 fully saturated rings. The lowest BCUT2D eigenvalue weighted by Crippen LogP contribution is -2.13. The van der Waals surface area contributed by atoms with Crippen molar-refractivity contribution in [2.75, 3.05) is 5.32 Å². The third-order valence-electron chi connectivity index (χ3n) is 3.89. The highest BCUT2D eigenvalue weighted by molar-refractivity contribution is 7.12. The van der Waals surface area contributed by atoms with Gasteiger partial charge in [-0.25, -0.2) is 4.79 Å². The lowest BCUT2D eigenvalue weighted by molar-refractivity contribution is 0.0698. The summed E-state index contributed by atoms with van der Waals surface area (Å²) in [6, 6.07) is 8.84. The number of hydrogen-bond donors (Lipinski definition) is 3. The number of nitrogens with one attached hydrogen (secondary N) is 1. The molecule has 142 valence electrons. The number of furan rings is 1. The summed E-state index contributed by atoms with van der Waals surface area (Å²) in [7, 11) is 0. The van der Waals surface area contributed by atoms with Crippen LogP contribution in [-0.2, 0) is 0 Å². The molecule has 6 nitrogen and oxygen atoms in total. The Bertz CT molecular complexity index is 1100. The van der Waals surface area contributed by atoms with E-state index in [-0.39, 0.29) is 17.0 Å². The molecule has 0 atom stereocenters. The first-order valence-electron chi connectivity index (χ1n) is 8.31. The molecule has 3 rings (SSSR count). The maximum absolute atomic E-state index is 12.6. The fraction of sp³-hybridized carbons (Fsp3) is 0.0476. The zero-order valence-corrected chi connectivity index (χ0v) is 15.9. The topological polar surface area (TPSA) is 106 Å². The second-order valence-electron chi connectivity index (χ2n) is 6.06. The quantitative estimate of drug-likeness (QED) is 0.517. The van der Waals surface area contributed by atoms with Crippen molar-refractivity contribution in [1.82, 2.24) is 0 Å². The summed E-state index contributed by atoms with van der Waals surface area (Å²) in [6.45, 7) is 5.59. The Labute approximate surface area is 165 Å². The number of carboxylic acid groups (broad SMARTS) is 1. The molecule has 0 bridgehead atoms. The smallest absolute Gasteiger partial charge is 0.339 e. The molecular weight excluding hydrogens is 376 g/mol. The highest BCUT2D eigenvalue weighted by atomic mass is 32.1. The number of hydrogen-bond acceptors (Lipinski definition) is 5.